The standard InChI is InChI=1S/C23H19BrN2O2S/c24-17-10-12-18(13-11-17)25-22(27)15-26-19-8-4-5-9-20(19)29-21(14-23(26)28)16-6-2-1-3-7-16/h1-13,21H,14-15H2,(H,25,27)/t21-/m0/s1. The van der Waals surface area contributed by atoms with Gasteiger partial charge in [-0.1, -0.05) is 58.4 Å². The SMILES string of the molecule is O=C(CN1C(=O)C[C@@H](c2ccccc2)Sc2ccccc21)Nc1ccc(Br)cc1. The predicted molar refractivity (Wildman–Crippen MR) is 121 cm³/mol. The van der Waals surface area contributed by atoms with Gasteiger partial charge in [0.25, 0.3) is 0 Å². The zero-order valence-electron chi connectivity index (χ0n) is 15.5. The number of nitrogens with zero attached hydrogens (tertiary/aromatic N) is 1. The lowest BCUT2D eigenvalue weighted by atomic mass is 10.1. The normalized spacial score (nSPS) is 16.1. The topological polar surface area (TPSA) is 49.4 Å². The fraction of sp³-hybridized carbons (Fsp3) is 0.130. The molecule has 0 saturated heterocycles. The first kappa shape index (κ1) is 19.7. The molecule has 0 spiro atoms. The second-order valence-electron chi connectivity index (χ2n) is 6.72. The highest BCUT2D eigenvalue weighted by molar-refractivity contribution is 9.10. The Hall–Kier alpha value is -2.57. The van der Waals surface area contributed by atoms with Gasteiger partial charge in [0, 0.05) is 26.7 Å². The lowest BCUT2D eigenvalue weighted by Crippen LogP contribution is -2.38. The first-order valence-corrected chi connectivity index (χ1v) is 10.9. The first-order valence-electron chi connectivity index (χ1n) is 9.26. The van der Waals surface area contributed by atoms with E-state index >= 15 is 0 Å². The maximum absolute atomic E-state index is 13.1. The van der Waals surface area contributed by atoms with E-state index in [2.05, 4.69) is 21.2 Å². The maximum Gasteiger partial charge on any atom is 0.244 e. The van der Waals surface area contributed by atoms with E-state index in [-0.39, 0.29) is 23.6 Å². The molecule has 0 radical (unpaired) electrons. The molecule has 1 atom stereocenters. The van der Waals surface area contributed by atoms with Crippen molar-refractivity contribution in [2.45, 2.75) is 16.6 Å². The molecule has 3 aromatic rings. The third-order valence-corrected chi connectivity index (χ3v) is 6.54. The molecule has 0 unspecified atom stereocenters. The second-order valence-corrected chi connectivity index (χ2v) is 8.88. The Morgan fingerprint density at radius 2 is 1.69 bits per heavy atom. The van der Waals surface area contributed by atoms with Crippen LogP contribution in [0.2, 0.25) is 0 Å². The minimum Gasteiger partial charge on any atom is -0.325 e. The van der Waals surface area contributed by atoms with Crippen molar-refractivity contribution in [3.8, 4) is 0 Å². The Morgan fingerprint density at radius 1 is 1.00 bits per heavy atom. The smallest absolute Gasteiger partial charge is 0.244 e. The number of amides is 2. The Labute approximate surface area is 182 Å². The van der Waals surface area contributed by atoms with Crippen LogP contribution >= 0.6 is 27.7 Å². The number of hydrogen-bond acceptors (Lipinski definition) is 3. The molecular weight excluding hydrogens is 448 g/mol. The molecule has 0 bridgehead atoms. The fourth-order valence-electron chi connectivity index (χ4n) is 3.28. The van der Waals surface area contributed by atoms with E-state index < -0.39 is 0 Å². The zero-order chi connectivity index (χ0) is 20.2. The molecular formula is C23H19BrN2O2S. The van der Waals surface area contributed by atoms with Crippen molar-refractivity contribution in [2.24, 2.45) is 0 Å². The monoisotopic (exact) mass is 466 g/mol. The lowest BCUT2D eigenvalue weighted by molar-refractivity contribution is -0.121. The molecule has 0 aromatic heterocycles. The van der Waals surface area contributed by atoms with Crippen molar-refractivity contribution in [3.05, 3.63) is 88.9 Å². The minimum absolute atomic E-state index is 0.0179. The highest BCUT2D eigenvalue weighted by Gasteiger charge is 2.30. The Bertz CT molecular complexity index is 1020. The number of rotatable bonds is 4. The summed E-state index contributed by atoms with van der Waals surface area (Å²) in [4.78, 5) is 28.4. The van der Waals surface area contributed by atoms with E-state index in [1.54, 1.807) is 16.7 Å². The first-order chi connectivity index (χ1) is 14.1. The number of benzene rings is 3. The van der Waals surface area contributed by atoms with Gasteiger partial charge in [0.05, 0.1) is 5.69 Å². The third-order valence-electron chi connectivity index (χ3n) is 4.69. The quantitative estimate of drug-likeness (QED) is 0.539. The number of fused-ring (bicyclic) bond motifs is 1. The van der Waals surface area contributed by atoms with E-state index in [9.17, 15) is 9.59 Å². The summed E-state index contributed by atoms with van der Waals surface area (Å²) in [5, 5.41) is 2.89. The van der Waals surface area contributed by atoms with E-state index in [0.29, 0.717) is 12.1 Å². The van der Waals surface area contributed by atoms with Crippen LogP contribution in [0.1, 0.15) is 17.2 Å². The van der Waals surface area contributed by atoms with Gasteiger partial charge in [-0.3, -0.25) is 9.59 Å². The van der Waals surface area contributed by atoms with Gasteiger partial charge in [-0.2, -0.15) is 0 Å². The summed E-state index contributed by atoms with van der Waals surface area (Å²) in [7, 11) is 0. The molecule has 3 aromatic carbocycles. The number of anilines is 2. The number of hydrogen-bond donors (Lipinski definition) is 1. The van der Waals surface area contributed by atoms with Crippen molar-refractivity contribution in [1.82, 2.24) is 0 Å². The van der Waals surface area contributed by atoms with Crippen molar-refractivity contribution in [1.29, 1.82) is 0 Å². The van der Waals surface area contributed by atoms with Gasteiger partial charge in [-0.05, 0) is 42.0 Å². The summed E-state index contributed by atoms with van der Waals surface area (Å²) in [5.74, 6) is -0.277. The van der Waals surface area contributed by atoms with Crippen molar-refractivity contribution in [2.75, 3.05) is 16.8 Å². The molecule has 0 saturated carbocycles. The molecule has 146 valence electrons. The second kappa shape index (κ2) is 8.84. The average Bonchev–Trinajstić information content (AvgIpc) is 2.87. The van der Waals surface area contributed by atoms with Crippen LogP contribution in [0.15, 0.2) is 88.2 Å². The third kappa shape index (κ3) is 4.71. The van der Waals surface area contributed by atoms with Gasteiger partial charge >= 0.3 is 0 Å². The number of thioether (sulfide) groups is 1. The Kier molecular flexibility index (Phi) is 6.02. The molecule has 0 fully saturated rings. The summed E-state index contributed by atoms with van der Waals surface area (Å²) in [6.45, 7) is -0.0199. The summed E-state index contributed by atoms with van der Waals surface area (Å²) in [6, 6.07) is 25.2. The molecule has 29 heavy (non-hydrogen) atoms. The summed E-state index contributed by atoms with van der Waals surface area (Å²) >= 11 is 5.05. The van der Waals surface area contributed by atoms with Crippen LogP contribution in [-0.4, -0.2) is 18.4 Å². The molecule has 1 N–H and O–H groups in total. The van der Waals surface area contributed by atoms with Crippen LogP contribution in [0, 0.1) is 0 Å². The van der Waals surface area contributed by atoms with Crippen LogP contribution < -0.4 is 10.2 Å². The van der Waals surface area contributed by atoms with Gasteiger partial charge in [-0.15, -0.1) is 11.8 Å². The van der Waals surface area contributed by atoms with Crippen LogP contribution in [-0.2, 0) is 9.59 Å². The van der Waals surface area contributed by atoms with Gasteiger partial charge < -0.3 is 10.2 Å². The molecule has 1 aliphatic rings. The van der Waals surface area contributed by atoms with Gasteiger partial charge in [0.2, 0.25) is 11.8 Å². The predicted octanol–water partition coefficient (Wildman–Crippen LogP) is 5.66. The highest BCUT2D eigenvalue weighted by Crippen LogP contribution is 2.45. The van der Waals surface area contributed by atoms with E-state index in [0.717, 1.165) is 20.6 Å². The van der Waals surface area contributed by atoms with Gasteiger partial charge in [0.15, 0.2) is 0 Å². The van der Waals surface area contributed by atoms with Gasteiger partial charge in [0.1, 0.15) is 6.54 Å². The summed E-state index contributed by atoms with van der Waals surface area (Å²) < 4.78 is 0.941. The van der Waals surface area contributed by atoms with Crippen LogP contribution in [0.4, 0.5) is 11.4 Å². The van der Waals surface area contributed by atoms with Crippen molar-refractivity contribution < 1.29 is 9.59 Å². The minimum atomic E-state index is -0.223. The van der Waals surface area contributed by atoms with Gasteiger partial charge in [-0.25, -0.2) is 0 Å². The number of para-hydroxylation sites is 1. The number of nitrogens with one attached hydrogen (secondary N) is 1. The molecule has 6 heteroatoms. The van der Waals surface area contributed by atoms with Crippen LogP contribution in [0.5, 0.6) is 0 Å². The zero-order valence-corrected chi connectivity index (χ0v) is 17.9. The van der Waals surface area contributed by atoms with Crippen molar-refractivity contribution >= 4 is 50.9 Å². The molecule has 4 rings (SSSR count). The maximum atomic E-state index is 13.1. The molecule has 1 heterocycles. The van der Waals surface area contributed by atoms with Crippen LogP contribution in [0.3, 0.4) is 0 Å². The number of carbonyl (C=O) groups excluding carboxylic acids is 2. The Balaban J connectivity index is 1.57. The highest BCUT2D eigenvalue weighted by atomic mass is 79.9. The van der Waals surface area contributed by atoms with Crippen LogP contribution in [0.25, 0.3) is 0 Å². The molecule has 2 amide bonds. The lowest BCUT2D eigenvalue weighted by Gasteiger charge is -2.22. The van der Waals surface area contributed by atoms with E-state index in [1.807, 2.05) is 78.9 Å². The molecule has 0 aliphatic carbocycles. The molecule has 4 nitrogen and oxygen atoms in total. The summed E-state index contributed by atoms with van der Waals surface area (Å²) in [5.41, 5.74) is 2.60. The Morgan fingerprint density at radius 3 is 2.45 bits per heavy atom. The number of halogens is 1. The van der Waals surface area contributed by atoms with Crippen molar-refractivity contribution in [3.63, 3.8) is 0 Å². The van der Waals surface area contributed by atoms with E-state index in [4.69, 9.17) is 0 Å². The number of carbonyl (C=O) groups is 2. The summed E-state index contributed by atoms with van der Waals surface area (Å²) in [6.07, 6.45) is 0.342. The largest absolute Gasteiger partial charge is 0.325 e. The molecule has 1 aliphatic heterocycles. The fourth-order valence-corrected chi connectivity index (χ4v) is 4.83. The average molecular weight is 467 g/mol. The van der Waals surface area contributed by atoms with E-state index in [1.165, 1.54) is 0 Å².